The lowest BCUT2D eigenvalue weighted by Crippen LogP contribution is -2.50. The van der Waals surface area contributed by atoms with Crippen LogP contribution < -0.4 is 10.6 Å². The van der Waals surface area contributed by atoms with E-state index in [0.29, 0.717) is 6.04 Å². The number of nitrogens with one attached hydrogen (secondary N) is 2. The van der Waals surface area contributed by atoms with Crippen LogP contribution in [0.25, 0.3) is 0 Å². The maximum atomic E-state index is 4.12. The van der Waals surface area contributed by atoms with Gasteiger partial charge in [-0.1, -0.05) is 6.07 Å². The van der Waals surface area contributed by atoms with Gasteiger partial charge in [-0.2, -0.15) is 0 Å². The lowest BCUT2D eigenvalue weighted by atomic mass is 10.1. The number of hydrogen-bond donors (Lipinski definition) is 2. The minimum atomic E-state index is 0.685. The van der Waals surface area contributed by atoms with Crippen molar-refractivity contribution in [3.63, 3.8) is 0 Å². The minimum absolute atomic E-state index is 0.685. The molecule has 1 aliphatic heterocycles. The van der Waals surface area contributed by atoms with Crippen molar-refractivity contribution in [2.24, 2.45) is 0 Å². The van der Waals surface area contributed by atoms with Crippen LogP contribution in [0.15, 0.2) is 24.5 Å². The highest BCUT2D eigenvalue weighted by atomic mass is 15.2. The van der Waals surface area contributed by atoms with Gasteiger partial charge in [-0.25, -0.2) is 0 Å². The summed E-state index contributed by atoms with van der Waals surface area (Å²) >= 11 is 0. The molecule has 1 aliphatic rings. The molecule has 2 heterocycles. The van der Waals surface area contributed by atoms with Crippen LogP contribution >= 0.6 is 0 Å². The average Bonchev–Trinajstić information content (AvgIpc) is 2.42. The van der Waals surface area contributed by atoms with Gasteiger partial charge in [0.1, 0.15) is 0 Å². The zero-order valence-corrected chi connectivity index (χ0v) is 11.2. The maximum Gasteiger partial charge on any atom is 0.0300 e. The van der Waals surface area contributed by atoms with Crippen LogP contribution in [0.3, 0.4) is 0 Å². The lowest BCUT2D eigenvalue weighted by molar-refractivity contribution is 0.190. The Kier molecular flexibility index (Phi) is 5.58. The molecule has 0 radical (unpaired) electrons. The predicted molar refractivity (Wildman–Crippen MR) is 74.7 cm³/mol. The second kappa shape index (κ2) is 7.46. The Labute approximate surface area is 110 Å². The van der Waals surface area contributed by atoms with Crippen molar-refractivity contribution >= 4 is 0 Å². The molecule has 1 saturated heterocycles. The number of hydrogen-bond acceptors (Lipinski definition) is 4. The molecule has 0 bridgehead atoms. The summed E-state index contributed by atoms with van der Waals surface area (Å²) in [5.74, 6) is 0. The Morgan fingerprint density at radius 2 is 2.44 bits per heavy atom. The molecule has 1 atom stereocenters. The van der Waals surface area contributed by atoms with E-state index in [0.717, 1.165) is 32.6 Å². The molecule has 0 amide bonds. The van der Waals surface area contributed by atoms with Gasteiger partial charge in [-0.3, -0.25) is 4.98 Å². The second-order valence-corrected chi connectivity index (χ2v) is 4.99. The highest BCUT2D eigenvalue weighted by Crippen LogP contribution is 2.03. The van der Waals surface area contributed by atoms with E-state index in [4.69, 9.17) is 0 Å². The Hall–Kier alpha value is -0.970. The summed E-state index contributed by atoms with van der Waals surface area (Å²) in [5.41, 5.74) is 1.31. The van der Waals surface area contributed by atoms with Gasteiger partial charge in [0.2, 0.25) is 0 Å². The van der Waals surface area contributed by atoms with Crippen molar-refractivity contribution in [1.29, 1.82) is 0 Å². The second-order valence-electron chi connectivity index (χ2n) is 4.99. The van der Waals surface area contributed by atoms with E-state index in [1.54, 1.807) is 0 Å². The zero-order valence-electron chi connectivity index (χ0n) is 11.2. The van der Waals surface area contributed by atoms with Gasteiger partial charge in [0, 0.05) is 38.1 Å². The standard InChI is InChI=1S/C14H24N4/c1-18-10-9-17-12-14(18)5-8-15-7-4-13-3-2-6-16-11-13/h2-3,6,11,14-15,17H,4-5,7-10,12H2,1H3. The Balaban J connectivity index is 1.56. The zero-order chi connectivity index (χ0) is 12.6. The van der Waals surface area contributed by atoms with Crippen LogP contribution in [-0.2, 0) is 6.42 Å². The number of piperazine rings is 1. The van der Waals surface area contributed by atoms with Crippen LogP contribution in [-0.4, -0.2) is 55.7 Å². The average molecular weight is 248 g/mol. The molecule has 1 aromatic rings. The third-order valence-corrected chi connectivity index (χ3v) is 3.61. The monoisotopic (exact) mass is 248 g/mol. The molecule has 0 spiro atoms. The van der Waals surface area contributed by atoms with Gasteiger partial charge in [0.25, 0.3) is 0 Å². The first-order valence-electron chi connectivity index (χ1n) is 6.87. The summed E-state index contributed by atoms with van der Waals surface area (Å²) in [6.07, 6.45) is 6.05. The minimum Gasteiger partial charge on any atom is -0.316 e. The third-order valence-electron chi connectivity index (χ3n) is 3.61. The van der Waals surface area contributed by atoms with E-state index in [2.05, 4.69) is 33.6 Å². The molecule has 4 heteroatoms. The van der Waals surface area contributed by atoms with Crippen LogP contribution in [0.2, 0.25) is 0 Å². The molecular formula is C14H24N4. The fraction of sp³-hybridized carbons (Fsp3) is 0.643. The van der Waals surface area contributed by atoms with E-state index in [-0.39, 0.29) is 0 Å². The van der Waals surface area contributed by atoms with Crippen LogP contribution in [0.4, 0.5) is 0 Å². The first-order valence-corrected chi connectivity index (χ1v) is 6.87. The molecule has 0 aromatic carbocycles. The van der Waals surface area contributed by atoms with Crippen molar-refractivity contribution in [2.45, 2.75) is 18.9 Å². The Morgan fingerprint density at radius 1 is 1.50 bits per heavy atom. The molecule has 4 nitrogen and oxygen atoms in total. The van der Waals surface area contributed by atoms with Gasteiger partial charge < -0.3 is 15.5 Å². The Bertz CT molecular complexity index is 328. The van der Waals surface area contributed by atoms with Crippen molar-refractivity contribution in [2.75, 3.05) is 39.8 Å². The van der Waals surface area contributed by atoms with Gasteiger partial charge in [0.05, 0.1) is 0 Å². The largest absolute Gasteiger partial charge is 0.316 e. The fourth-order valence-electron chi connectivity index (χ4n) is 2.36. The predicted octanol–water partition coefficient (Wildman–Crippen LogP) is 0.507. The fourth-order valence-corrected chi connectivity index (χ4v) is 2.36. The van der Waals surface area contributed by atoms with Crippen LogP contribution in [0.5, 0.6) is 0 Å². The molecule has 2 rings (SSSR count). The molecule has 100 valence electrons. The lowest BCUT2D eigenvalue weighted by Gasteiger charge is -2.33. The number of rotatable bonds is 6. The van der Waals surface area contributed by atoms with Crippen molar-refractivity contribution in [3.05, 3.63) is 30.1 Å². The molecule has 1 fully saturated rings. The van der Waals surface area contributed by atoms with E-state index >= 15 is 0 Å². The van der Waals surface area contributed by atoms with E-state index < -0.39 is 0 Å². The van der Waals surface area contributed by atoms with E-state index in [1.165, 1.54) is 18.5 Å². The molecule has 0 aliphatic carbocycles. The molecular weight excluding hydrogens is 224 g/mol. The summed E-state index contributed by atoms with van der Waals surface area (Å²) in [6, 6.07) is 4.82. The summed E-state index contributed by atoms with van der Waals surface area (Å²) in [7, 11) is 2.22. The number of likely N-dealkylation sites (N-methyl/N-ethyl adjacent to an activating group) is 1. The van der Waals surface area contributed by atoms with Crippen LogP contribution in [0.1, 0.15) is 12.0 Å². The van der Waals surface area contributed by atoms with Gasteiger partial charge in [-0.05, 0) is 44.6 Å². The summed E-state index contributed by atoms with van der Waals surface area (Å²) < 4.78 is 0. The van der Waals surface area contributed by atoms with Gasteiger partial charge >= 0.3 is 0 Å². The van der Waals surface area contributed by atoms with Crippen LogP contribution in [0, 0.1) is 0 Å². The van der Waals surface area contributed by atoms with E-state index in [9.17, 15) is 0 Å². The van der Waals surface area contributed by atoms with Gasteiger partial charge in [-0.15, -0.1) is 0 Å². The van der Waals surface area contributed by atoms with Gasteiger partial charge in [0.15, 0.2) is 0 Å². The molecule has 2 N–H and O–H groups in total. The first kappa shape index (κ1) is 13.5. The quantitative estimate of drug-likeness (QED) is 0.720. The summed E-state index contributed by atoms with van der Waals surface area (Å²) in [4.78, 5) is 6.58. The maximum absolute atomic E-state index is 4.12. The molecule has 18 heavy (non-hydrogen) atoms. The normalized spacial score (nSPS) is 21.1. The van der Waals surface area contributed by atoms with Crippen molar-refractivity contribution in [3.8, 4) is 0 Å². The van der Waals surface area contributed by atoms with Crippen molar-refractivity contribution < 1.29 is 0 Å². The number of aromatic nitrogens is 1. The Morgan fingerprint density at radius 3 is 3.22 bits per heavy atom. The van der Waals surface area contributed by atoms with Crippen molar-refractivity contribution in [1.82, 2.24) is 20.5 Å². The SMILES string of the molecule is CN1CCNCC1CCNCCc1cccnc1. The smallest absolute Gasteiger partial charge is 0.0300 e. The molecule has 0 saturated carbocycles. The number of nitrogens with zero attached hydrogens (tertiary/aromatic N) is 2. The molecule has 1 aromatic heterocycles. The summed E-state index contributed by atoms with van der Waals surface area (Å²) in [5, 5.41) is 6.97. The number of pyridine rings is 1. The van der Waals surface area contributed by atoms with E-state index in [1.807, 2.05) is 18.5 Å². The summed E-state index contributed by atoms with van der Waals surface area (Å²) in [6.45, 7) is 5.55. The third kappa shape index (κ3) is 4.37. The highest BCUT2D eigenvalue weighted by Gasteiger charge is 2.17. The highest BCUT2D eigenvalue weighted by molar-refractivity contribution is 5.08. The molecule has 1 unspecified atom stereocenters. The topological polar surface area (TPSA) is 40.2 Å². The first-order chi connectivity index (χ1) is 8.86.